The van der Waals surface area contributed by atoms with E-state index in [4.69, 9.17) is 4.52 Å². The number of anilines is 1. The fourth-order valence-electron chi connectivity index (χ4n) is 1.67. The van der Waals surface area contributed by atoms with E-state index in [1.807, 2.05) is 24.3 Å². The van der Waals surface area contributed by atoms with Gasteiger partial charge in [0.2, 0.25) is 0 Å². The number of esters is 1. The first-order chi connectivity index (χ1) is 9.11. The normalized spacial score (nSPS) is 11.9. The van der Waals surface area contributed by atoms with Crippen LogP contribution in [0.25, 0.3) is 11.5 Å². The molecule has 0 aliphatic carbocycles. The first-order valence-corrected chi connectivity index (χ1v) is 5.86. The summed E-state index contributed by atoms with van der Waals surface area (Å²) in [4.78, 5) is 15.6. The number of hydrogen-bond donors (Lipinski definition) is 1. The minimum absolute atomic E-state index is 0.337. The minimum atomic E-state index is -0.463. The lowest BCUT2D eigenvalue weighted by molar-refractivity contribution is -0.141. The third-order valence-corrected chi connectivity index (χ3v) is 2.61. The van der Waals surface area contributed by atoms with Crippen LogP contribution in [0.2, 0.25) is 0 Å². The molecule has 0 bridgehead atoms. The Morgan fingerprint density at radius 2 is 2.16 bits per heavy atom. The van der Waals surface area contributed by atoms with E-state index in [1.165, 1.54) is 7.11 Å². The number of aromatic nitrogens is 2. The van der Waals surface area contributed by atoms with Gasteiger partial charge in [0, 0.05) is 5.69 Å². The van der Waals surface area contributed by atoms with Crippen molar-refractivity contribution in [3.8, 4) is 11.5 Å². The Balaban J connectivity index is 2.29. The molecule has 2 rings (SSSR count). The van der Waals surface area contributed by atoms with Gasteiger partial charge in [0.1, 0.15) is 6.04 Å². The fourth-order valence-corrected chi connectivity index (χ4v) is 1.67. The van der Waals surface area contributed by atoms with E-state index >= 15 is 0 Å². The molecule has 1 heterocycles. The van der Waals surface area contributed by atoms with Crippen LogP contribution in [0.1, 0.15) is 12.7 Å². The third-order valence-electron chi connectivity index (χ3n) is 2.61. The maximum absolute atomic E-state index is 11.4. The molecule has 1 aromatic carbocycles. The molecule has 1 atom stereocenters. The first-order valence-electron chi connectivity index (χ1n) is 5.86. The van der Waals surface area contributed by atoms with E-state index in [9.17, 15) is 4.79 Å². The molecule has 6 heteroatoms. The SMILES string of the molecule is COC(=O)C(C)Nc1ccccc1-c1nc(C)no1. The lowest BCUT2D eigenvalue weighted by atomic mass is 10.1. The van der Waals surface area contributed by atoms with Gasteiger partial charge < -0.3 is 14.6 Å². The predicted octanol–water partition coefficient (Wildman–Crippen LogP) is 2.02. The molecule has 1 unspecified atom stereocenters. The number of carbonyl (C=O) groups excluding carboxylic acids is 1. The van der Waals surface area contributed by atoms with Crippen molar-refractivity contribution in [2.45, 2.75) is 19.9 Å². The van der Waals surface area contributed by atoms with Gasteiger partial charge in [-0.15, -0.1) is 0 Å². The van der Waals surface area contributed by atoms with Gasteiger partial charge in [0.15, 0.2) is 5.82 Å². The topological polar surface area (TPSA) is 77.2 Å². The van der Waals surface area contributed by atoms with E-state index in [-0.39, 0.29) is 5.97 Å². The molecule has 0 fully saturated rings. The van der Waals surface area contributed by atoms with Crippen LogP contribution in [0.15, 0.2) is 28.8 Å². The molecular weight excluding hydrogens is 246 g/mol. The van der Waals surface area contributed by atoms with Gasteiger partial charge in [-0.3, -0.25) is 0 Å². The summed E-state index contributed by atoms with van der Waals surface area (Å²) in [7, 11) is 1.35. The molecule has 0 radical (unpaired) electrons. The summed E-state index contributed by atoms with van der Waals surface area (Å²) in [5.74, 6) is 0.639. The summed E-state index contributed by atoms with van der Waals surface area (Å²) in [6, 6.07) is 6.95. The number of methoxy groups -OCH3 is 1. The van der Waals surface area contributed by atoms with Gasteiger partial charge in [-0.25, -0.2) is 4.79 Å². The Labute approximate surface area is 110 Å². The van der Waals surface area contributed by atoms with E-state index in [0.717, 1.165) is 11.3 Å². The first kappa shape index (κ1) is 13.1. The van der Waals surface area contributed by atoms with Crippen molar-refractivity contribution in [3.63, 3.8) is 0 Å². The van der Waals surface area contributed by atoms with Crippen molar-refractivity contribution in [1.29, 1.82) is 0 Å². The summed E-state index contributed by atoms with van der Waals surface area (Å²) in [6.45, 7) is 3.47. The second-order valence-corrected chi connectivity index (χ2v) is 4.08. The van der Waals surface area contributed by atoms with E-state index in [2.05, 4.69) is 20.2 Å². The van der Waals surface area contributed by atoms with Crippen molar-refractivity contribution >= 4 is 11.7 Å². The summed E-state index contributed by atoms with van der Waals surface area (Å²) >= 11 is 0. The number of aryl methyl sites for hydroxylation is 1. The molecule has 0 aliphatic rings. The highest BCUT2D eigenvalue weighted by Gasteiger charge is 2.16. The monoisotopic (exact) mass is 261 g/mol. The molecule has 1 aromatic heterocycles. The molecule has 6 nitrogen and oxygen atoms in total. The highest BCUT2D eigenvalue weighted by molar-refractivity contribution is 5.81. The average molecular weight is 261 g/mol. The summed E-state index contributed by atoms with van der Waals surface area (Å²) in [5.41, 5.74) is 1.49. The number of benzene rings is 1. The van der Waals surface area contributed by atoms with Crippen LogP contribution in [0.4, 0.5) is 5.69 Å². The van der Waals surface area contributed by atoms with Gasteiger partial charge in [-0.05, 0) is 26.0 Å². The Kier molecular flexibility index (Phi) is 3.79. The number of rotatable bonds is 4. The van der Waals surface area contributed by atoms with Crippen LogP contribution in [0.5, 0.6) is 0 Å². The average Bonchev–Trinajstić information content (AvgIpc) is 2.85. The van der Waals surface area contributed by atoms with Gasteiger partial charge in [-0.2, -0.15) is 4.98 Å². The van der Waals surface area contributed by atoms with Crippen molar-refractivity contribution < 1.29 is 14.1 Å². The van der Waals surface area contributed by atoms with Crippen LogP contribution in [0.3, 0.4) is 0 Å². The second kappa shape index (κ2) is 5.51. The zero-order valence-corrected chi connectivity index (χ0v) is 11.0. The van der Waals surface area contributed by atoms with Gasteiger partial charge in [0.25, 0.3) is 5.89 Å². The van der Waals surface area contributed by atoms with Gasteiger partial charge >= 0.3 is 5.97 Å². The number of nitrogens with one attached hydrogen (secondary N) is 1. The Bertz CT molecular complexity index is 580. The maximum atomic E-state index is 11.4. The van der Waals surface area contributed by atoms with Gasteiger partial charge in [0.05, 0.1) is 12.7 Å². The molecule has 0 amide bonds. The number of nitrogens with zero attached hydrogens (tertiary/aromatic N) is 2. The number of ether oxygens (including phenoxy) is 1. The number of hydrogen-bond acceptors (Lipinski definition) is 6. The highest BCUT2D eigenvalue weighted by atomic mass is 16.5. The zero-order chi connectivity index (χ0) is 13.8. The molecule has 100 valence electrons. The molecule has 2 aromatic rings. The number of carbonyl (C=O) groups is 1. The molecule has 0 saturated carbocycles. The van der Waals surface area contributed by atoms with Crippen molar-refractivity contribution in [2.75, 3.05) is 12.4 Å². The largest absolute Gasteiger partial charge is 0.467 e. The van der Waals surface area contributed by atoms with Crippen LogP contribution in [-0.4, -0.2) is 29.3 Å². The molecular formula is C13H15N3O3. The lowest BCUT2D eigenvalue weighted by Crippen LogP contribution is -2.27. The summed E-state index contributed by atoms with van der Waals surface area (Å²) in [5, 5.41) is 6.83. The highest BCUT2D eigenvalue weighted by Crippen LogP contribution is 2.26. The van der Waals surface area contributed by atoms with Crippen LogP contribution < -0.4 is 5.32 Å². The van der Waals surface area contributed by atoms with Crippen LogP contribution in [-0.2, 0) is 9.53 Å². The Morgan fingerprint density at radius 3 is 2.79 bits per heavy atom. The quantitative estimate of drug-likeness (QED) is 0.848. The maximum Gasteiger partial charge on any atom is 0.327 e. The molecule has 0 aliphatic heterocycles. The van der Waals surface area contributed by atoms with Crippen LogP contribution in [0, 0.1) is 6.92 Å². The van der Waals surface area contributed by atoms with E-state index in [0.29, 0.717) is 11.7 Å². The van der Waals surface area contributed by atoms with Gasteiger partial charge in [-0.1, -0.05) is 17.3 Å². The fraction of sp³-hybridized carbons (Fsp3) is 0.308. The Hall–Kier alpha value is -2.37. The zero-order valence-electron chi connectivity index (χ0n) is 11.0. The smallest absolute Gasteiger partial charge is 0.327 e. The van der Waals surface area contributed by atoms with Crippen LogP contribution >= 0.6 is 0 Å². The van der Waals surface area contributed by atoms with E-state index in [1.54, 1.807) is 13.8 Å². The van der Waals surface area contributed by atoms with Crippen molar-refractivity contribution in [1.82, 2.24) is 10.1 Å². The molecule has 19 heavy (non-hydrogen) atoms. The third kappa shape index (κ3) is 2.90. The second-order valence-electron chi connectivity index (χ2n) is 4.08. The lowest BCUT2D eigenvalue weighted by Gasteiger charge is -2.14. The van der Waals surface area contributed by atoms with Crippen molar-refractivity contribution in [2.24, 2.45) is 0 Å². The summed E-state index contributed by atoms with van der Waals surface area (Å²) < 4.78 is 9.82. The molecule has 1 N–H and O–H groups in total. The molecule has 0 spiro atoms. The minimum Gasteiger partial charge on any atom is -0.467 e. The number of para-hydroxylation sites is 1. The standard InChI is InChI=1S/C13H15N3O3/c1-8(13(17)18-3)14-11-7-5-4-6-10(11)12-15-9(2)16-19-12/h4-8,14H,1-3H3. The Morgan fingerprint density at radius 1 is 1.42 bits per heavy atom. The van der Waals surface area contributed by atoms with E-state index < -0.39 is 6.04 Å². The van der Waals surface area contributed by atoms with Crippen molar-refractivity contribution in [3.05, 3.63) is 30.1 Å². The molecule has 0 saturated heterocycles. The predicted molar refractivity (Wildman–Crippen MR) is 69.6 cm³/mol. The summed E-state index contributed by atoms with van der Waals surface area (Å²) in [6.07, 6.45) is 0.